The number of piperidine rings is 1. The third-order valence-electron chi connectivity index (χ3n) is 4.91. The number of benzene rings is 2. The Morgan fingerprint density at radius 2 is 1.88 bits per heavy atom. The number of furan rings is 1. The second-order valence-corrected chi connectivity index (χ2v) is 6.63. The summed E-state index contributed by atoms with van der Waals surface area (Å²) in [7, 11) is 0. The number of amides is 1. The average Bonchev–Trinajstić information content (AvgIpc) is 3.06. The summed E-state index contributed by atoms with van der Waals surface area (Å²) in [6.07, 6.45) is 1.49. The Balaban J connectivity index is 1.44. The lowest BCUT2D eigenvalue weighted by molar-refractivity contribution is 0.110. The minimum Gasteiger partial charge on any atom is -0.461 e. The van der Waals surface area contributed by atoms with Gasteiger partial charge in [-0.05, 0) is 44.0 Å². The molecule has 128 valence electrons. The summed E-state index contributed by atoms with van der Waals surface area (Å²) < 4.78 is 11.5. The molecule has 2 heterocycles. The lowest BCUT2D eigenvalue weighted by atomic mass is 9.90. The molecule has 0 unspecified atom stereocenters. The SMILES string of the molecule is C[C@H]1C[C@H](c2cc3ccccc3o2)CCN1C(=O)Oc1ccccc1. The van der Waals surface area contributed by atoms with Crippen molar-refractivity contribution in [1.29, 1.82) is 0 Å². The zero-order valence-electron chi connectivity index (χ0n) is 14.2. The van der Waals surface area contributed by atoms with Gasteiger partial charge in [0, 0.05) is 23.9 Å². The molecule has 0 bridgehead atoms. The fraction of sp³-hybridized carbons (Fsp3) is 0.286. The van der Waals surface area contributed by atoms with E-state index in [4.69, 9.17) is 9.15 Å². The summed E-state index contributed by atoms with van der Waals surface area (Å²) in [5, 5.41) is 1.14. The predicted molar refractivity (Wildman–Crippen MR) is 96.8 cm³/mol. The van der Waals surface area contributed by atoms with Gasteiger partial charge in [0.05, 0.1) is 0 Å². The van der Waals surface area contributed by atoms with E-state index in [0.717, 1.165) is 29.6 Å². The van der Waals surface area contributed by atoms with Crippen LogP contribution in [0.3, 0.4) is 0 Å². The maximum atomic E-state index is 12.4. The zero-order valence-corrected chi connectivity index (χ0v) is 14.2. The van der Waals surface area contributed by atoms with Crippen LogP contribution >= 0.6 is 0 Å². The number of carbonyl (C=O) groups is 1. The number of nitrogens with zero attached hydrogens (tertiary/aromatic N) is 1. The molecule has 1 fully saturated rings. The summed E-state index contributed by atoms with van der Waals surface area (Å²) >= 11 is 0. The third-order valence-corrected chi connectivity index (χ3v) is 4.91. The highest BCUT2D eigenvalue weighted by Gasteiger charge is 2.32. The summed E-state index contributed by atoms with van der Waals surface area (Å²) in [5.74, 6) is 1.94. The molecule has 1 saturated heterocycles. The first-order chi connectivity index (χ1) is 12.2. The molecule has 4 rings (SSSR count). The number of ether oxygens (including phenoxy) is 1. The predicted octanol–water partition coefficient (Wildman–Crippen LogP) is 5.20. The largest absolute Gasteiger partial charge is 0.461 e. The number of hydrogen-bond acceptors (Lipinski definition) is 3. The van der Waals surface area contributed by atoms with Crippen molar-refractivity contribution < 1.29 is 13.9 Å². The van der Waals surface area contributed by atoms with Gasteiger partial charge in [0.15, 0.2) is 0 Å². The van der Waals surface area contributed by atoms with Crippen LogP contribution in [-0.2, 0) is 0 Å². The van der Waals surface area contributed by atoms with Crippen molar-refractivity contribution in [2.24, 2.45) is 0 Å². The standard InChI is InChI=1S/C21H21NO3/c1-15-13-17(20-14-16-7-5-6-10-19(16)25-20)11-12-22(15)21(23)24-18-8-3-2-4-9-18/h2-10,14-15,17H,11-13H2,1H3/t15-,17+/m0/s1. The number of rotatable bonds is 2. The van der Waals surface area contributed by atoms with E-state index >= 15 is 0 Å². The van der Waals surface area contributed by atoms with Crippen LogP contribution < -0.4 is 4.74 Å². The maximum absolute atomic E-state index is 12.4. The lowest BCUT2D eigenvalue weighted by Crippen LogP contribution is -2.45. The van der Waals surface area contributed by atoms with Gasteiger partial charge in [0.1, 0.15) is 17.1 Å². The molecule has 2 aromatic carbocycles. The van der Waals surface area contributed by atoms with Crippen LogP contribution in [0.15, 0.2) is 65.1 Å². The Kier molecular flexibility index (Phi) is 4.18. The second kappa shape index (κ2) is 6.63. The van der Waals surface area contributed by atoms with E-state index in [1.807, 2.05) is 41.3 Å². The van der Waals surface area contributed by atoms with Crippen molar-refractivity contribution in [2.45, 2.75) is 31.7 Å². The summed E-state index contributed by atoms with van der Waals surface area (Å²) in [5.41, 5.74) is 0.927. The van der Waals surface area contributed by atoms with Crippen LogP contribution in [0.1, 0.15) is 31.4 Å². The molecule has 4 heteroatoms. The highest BCUT2D eigenvalue weighted by molar-refractivity contribution is 5.77. The van der Waals surface area contributed by atoms with Crippen LogP contribution in [-0.4, -0.2) is 23.6 Å². The molecule has 0 spiro atoms. The van der Waals surface area contributed by atoms with Gasteiger partial charge < -0.3 is 14.1 Å². The summed E-state index contributed by atoms with van der Waals surface area (Å²) in [6, 6.07) is 19.5. The molecule has 25 heavy (non-hydrogen) atoms. The lowest BCUT2D eigenvalue weighted by Gasteiger charge is -2.36. The molecule has 0 aliphatic carbocycles. The van der Waals surface area contributed by atoms with Gasteiger partial charge >= 0.3 is 6.09 Å². The monoisotopic (exact) mass is 335 g/mol. The first-order valence-corrected chi connectivity index (χ1v) is 8.72. The first kappa shape index (κ1) is 15.8. The Morgan fingerprint density at radius 3 is 2.64 bits per heavy atom. The number of hydrogen-bond donors (Lipinski definition) is 0. The fourth-order valence-electron chi connectivity index (χ4n) is 3.55. The highest BCUT2D eigenvalue weighted by Crippen LogP contribution is 2.35. The molecule has 0 N–H and O–H groups in total. The van der Waals surface area contributed by atoms with Crippen LogP contribution in [0.4, 0.5) is 4.79 Å². The van der Waals surface area contributed by atoms with E-state index in [1.165, 1.54) is 0 Å². The van der Waals surface area contributed by atoms with E-state index in [0.29, 0.717) is 18.2 Å². The molecule has 2 atom stereocenters. The van der Waals surface area contributed by atoms with Gasteiger partial charge in [-0.3, -0.25) is 0 Å². The molecule has 1 aromatic heterocycles. The molecule has 1 amide bonds. The van der Waals surface area contributed by atoms with Crippen molar-refractivity contribution >= 4 is 17.1 Å². The third kappa shape index (κ3) is 3.25. The minimum absolute atomic E-state index is 0.114. The van der Waals surface area contributed by atoms with Gasteiger partial charge in [0.2, 0.25) is 0 Å². The number of para-hydroxylation sites is 2. The Hall–Kier alpha value is -2.75. The van der Waals surface area contributed by atoms with E-state index in [9.17, 15) is 4.79 Å². The van der Waals surface area contributed by atoms with Crippen LogP contribution in [0, 0.1) is 0 Å². The molecular formula is C21H21NO3. The van der Waals surface area contributed by atoms with Gasteiger partial charge in [-0.15, -0.1) is 0 Å². The van der Waals surface area contributed by atoms with E-state index < -0.39 is 0 Å². The van der Waals surface area contributed by atoms with Crippen molar-refractivity contribution in [2.75, 3.05) is 6.54 Å². The van der Waals surface area contributed by atoms with Gasteiger partial charge in [-0.25, -0.2) is 4.79 Å². The topological polar surface area (TPSA) is 42.7 Å². The highest BCUT2D eigenvalue weighted by atomic mass is 16.6. The molecule has 3 aromatic rings. The molecule has 0 radical (unpaired) electrons. The second-order valence-electron chi connectivity index (χ2n) is 6.63. The van der Waals surface area contributed by atoms with Crippen LogP contribution in [0.25, 0.3) is 11.0 Å². The first-order valence-electron chi connectivity index (χ1n) is 8.72. The molecular weight excluding hydrogens is 314 g/mol. The van der Waals surface area contributed by atoms with Crippen molar-refractivity contribution in [3.63, 3.8) is 0 Å². The normalized spacial score (nSPS) is 20.6. The van der Waals surface area contributed by atoms with Crippen molar-refractivity contribution in [3.05, 3.63) is 66.4 Å². The number of carbonyl (C=O) groups excluding carboxylic acids is 1. The number of fused-ring (bicyclic) bond motifs is 1. The summed E-state index contributed by atoms with van der Waals surface area (Å²) in [4.78, 5) is 14.3. The van der Waals surface area contributed by atoms with Gasteiger partial charge in [0.25, 0.3) is 0 Å². The quantitative estimate of drug-likeness (QED) is 0.646. The average molecular weight is 335 g/mol. The van der Waals surface area contributed by atoms with Crippen molar-refractivity contribution in [3.8, 4) is 5.75 Å². The van der Waals surface area contributed by atoms with Gasteiger partial charge in [-0.2, -0.15) is 0 Å². The maximum Gasteiger partial charge on any atom is 0.415 e. The smallest absolute Gasteiger partial charge is 0.415 e. The van der Waals surface area contributed by atoms with Gasteiger partial charge in [-0.1, -0.05) is 36.4 Å². The van der Waals surface area contributed by atoms with E-state index in [1.54, 1.807) is 12.1 Å². The Bertz CT molecular complexity index is 838. The molecule has 1 aliphatic heterocycles. The molecule has 1 aliphatic rings. The molecule has 0 saturated carbocycles. The van der Waals surface area contributed by atoms with Crippen LogP contribution in [0.5, 0.6) is 5.75 Å². The van der Waals surface area contributed by atoms with Crippen LogP contribution in [0.2, 0.25) is 0 Å². The van der Waals surface area contributed by atoms with E-state index in [2.05, 4.69) is 19.1 Å². The number of likely N-dealkylation sites (tertiary alicyclic amines) is 1. The fourth-order valence-corrected chi connectivity index (χ4v) is 3.55. The Morgan fingerprint density at radius 1 is 1.12 bits per heavy atom. The van der Waals surface area contributed by atoms with Crippen molar-refractivity contribution in [1.82, 2.24) is 4.90 Å². The Labute approximate surface area is 147 Å². The zero-order chi connectivity index (χ0) is 17.2. The molecule has 4 nitrogen and oxygen atoms in total. The summed E-state index contributed by atoms with van der Waals surface area (Å²) in [6.45, 7) is 2.75. The minimum atomic E-state index is -0.276. The van der Waals surface area contributed by atoms with E-state index in [-0.39, 0.29) is 12.1 Å².